The van der Waals surface area contributed by atoms with E-state index in [0.717, 1.165) is 5.39 Å². The third-order valence-corrected chi connectivity index (χ3v) is 3.15. The van der Waals surface area contributed by atoms with Gasteiger partial charge in [-0.1, -0.05) is 23.2 Å². The van der Waals surface area contributed by atoms with Gasteiger partial charge in [0.1, 0.15) is 0 Å². The number of H-pyrrole nitrogens is 1. The number of pyridine rings is 1. The highest BCUT2D eigenvalue weighted by atomic mass is 79.9. The van der Waals surface area contributed by atoms with Gasteiger partial charge < -0.3 is 4.98 Å². The number of benzene rings is 1. The lowest BCUT2D eigenvalue weighted by atomic mass is 10.2. The Kier molecular flexibility index (Phi) is 2.56. The van der Waals surface area contributed by atoms with Crippen molar-refractivity contribution in [3.63, 3.8) is 0 Å². The second-order valence-electron chi connectivity index (χ2n) is 2.80. The van der Waals surface area contributed by atoms with Crippen LogP contribution in [-0.4, -0.2) is 4.98 Å². The van der Waals surface area contributed by atoms with Crippen molar-refractivity contribution in [2.24, 2.45) is 0 Å². The molecule has 2 aromatic rings. The van der Waals surface area contributed by atoms with Crippen molar-refractivity contribution in [3.05, 3.63) is 43.1 Å². The fraction of sp³-hybridized carbons (Fsp3) is 0. The van der Waals surface area contributed by atoms with Crippen LogP contribution in [0.2, 0.25) is 10.0 Å². The van der Waals surface area contributed by atoms with E-state index in [9.17, 15) is 4.79 Å². The Labute approximate surface area is 98.0 Å². The zero-order valence-electron chi connectivity index (χ0n) is 6.77. The molecule has 0 aliphatic carbocycles. The predicted octanol–water partition coefficient (Wildman–Crippen LogP) is 3.60. The molecule has 0 aliphatic rings. The average molecular weight is 293 g/mol. The van der Waals surface area contributed by atoms with Crippen LogP contribution in [0.4, 0.5) is 0 Å². The molecule has 1 aromatic heterocycles. The molecule has 14 heavy (non-hydrogen) atoms. The lowest BCUT2D eigenvalue weighted by Gasteiger charge is -2.01. The highest BCUT2D eigenvalue weighted by Crippen LogP contribution is 2.27. The first-order chi connectivity index (χ1) is 6.58. The largest absolute Gasteiger partial charge is 0.321 e. The summed E-state index contributed by atoms with van der Waals surface area (Å²) in [7, 11) is 0. The maximum Gasteiger partial charge on any atom is 0.262 e. The molecular formula is C9H4BrCl2NO. The van der Waals surface area contributed by atoms with E-state index >= 15 is 0 Å². The van der Waals surface area contributed by atoms with Crippen LogP contribution < -0.4 is 5.56 Å². The molecule has 0 saturated heterocycles. The molecule has 0 bridgehead atoms. The van der Waals surface area contributed by atoms with Crippen LogP contribution in [0.3, 0.4) is 0 Å². The van der Waals surface area contributed by atoms with Gasteiger partial charge in [0.25, 0.3) is 5.56 Å². The standard InChI is InChI=1S/C9H4BrCl2NO/c10-5-1-4-2-6(11)7(12)3-8(4)13-9(5)14/h1-3H,(H,13,14). The van der Waals surface area contributed by atoms with E-state index in [1.54, 1.807) is 18.2 Å². The molecule has 2 rings (SSSR count). The van der Waals surface area contributed by atoms with E-state index in [1.165, 1.54) is 0 Å². The van der Waals surface area contributed by atoms with Crippen LogP contribution >= 0.6 is 39.1 Å². The molecule has 0 fully saturated rings. The van der Waals surface area contributed by atoms with Gasteiger partial charge in [0.05, 0.1) is 14.5 Å². The Bertz CT molecular complexity index is 564. The topological polar surface area (TPSA) is 32.9 Å². The first kappa shape index (κ1) is 10.0. The minimum atomic E-state index is -0.184. The van der Waals surface area contributed by atoms with Crippen molar-refractivity contribution < 1.29 is 0 Å². The van der Waals surface area contributed by atoms with E-state index in [0.29, 0.717) is 20.0 Å². The number of aromatic amines is 1. The maximum atomic E-state index is 11.3. The Balaban J connectivity index is 2.90. The van der Waals surface area contributed by atoms with E-state index in [4.69, 9.17) is 23.2 Å². The lowest BCUT2D eigenvalue weighted by Crippen LogP contribution is -2.05. The van der Waals surface area contributed by atoms with Gasteiger partial charge in [0, 0.05) is 10.9 Å². The molecule has 0 saturated carbocycles. The third-order valence-electron chi connectivity index (χ3n) is 1.84. The van der Waals surface area contributed by atoms with Gasteiger partial charge in [-0.25, -0.2) is 0 Å². The van der Waals surface area contributed by atoms with Gasteiger partial charge in [-0.3, -0.25) is 4.79 Å². The highest BCUT2D eigenvalue weighted by molar-refractivity contribution is 9.10. The number of aromatic nitrogens is 1. The monoisotopic (exact) mass is 291 g/mol. The van der Waals surface area contributed by atoms with Crippen molar-refractivity contribution >= 4 is 50.0 Å². The highest BCUT2D eigenvalue weighted by Gasteiger charge is 2.03. The number of halogens is 3. The molecule has 1 N–H and O–H groups in total. The Hall–Kier alpha value is -0.510. The van der Waals surface area contributed by atoms with Crippen molar-refractivity contribution in [2.45, 2.75) is 0 Å². The first-order valence-electron chi connectivity index (χ1n) is 3.75. The number of hydrogen-bond donors (Lipinski definition) is 1. The molecule has 0 radical (unpaired) electrons. The second kappa shape index (κ2) is 3.57. The van der Waals surface area contributed by atoms with Crippen molar-refractivity contribution in [2.75, 3.05) is 0 Å². The second-order valence-corrected chi connectivity index (χ2v) is 4.47. The van der Waals surface area contributed by atoms with Crippen LogP contribution in [0.5, 0.6) is 0 Å². The molecule has 1 aromatic carbocycles. The van der Waals surface area contributed by atoms with Gasteiger partial charge in [-0.05, 0) is 34.1 Å². The van der Waals surface area contributed by atoms with Crippen LogP contribution in [-0.2, 0) is 0 Å². The normalized spacial score (nSPS) is 10.8. The fourth-order valence-electron chi connectivity index (χ4n) is 1.17. The molecule has 0 atom stereocenters. The third kappa shape index (κ3) is 1.67. The summed E-state index contributed by atoms with van der Waals surface area (Å²) in [6, 6.07) is 5.04. The van der Waals surface area contributed by atoms with Crippen LogP contribution in [0, 0.1) is 0 Å². The molecule has 0 aliphatic heterocycles. The predicted molar refractivity (Wildman–Crippen MR) is 62.3 cm³/mol. The van der Waals surface area contributed by atoms with Crippen LogP contribution in [0.15, 0.2) is 27.5 Å². The number of hydrogen-bond acceptors (Lipinski definition) is 1. The Morgan fingerprint density at radius 2 is 1.79 bits per heavy atom. The van der Waals surface area contributed by atoms with Gasteiger partial charge in [0.2, 0.25) is 0 Å². The van der Waals surface area contributed by atoms with Gasteiger partial charge >= 0.3 is 0 Å². The summed E-state index contributed by atoms with van der Waals surface area (Å²) in [4.78, 5) is 13.9. The summed E-state index contributed by atoms with van der Waals surface area (Å²) in [5, 5.41) is 1.74. The van der Waals surface area contributed by atoms with Crippen molar-refractivity contribution in [1.29, 1.82) is 0 Å². The smallest absolute Gasteiger partial charge is 0.262 e. The Morgan fingerprint density at radius 3 is 2.50 bits per heavy atom. The number of fused-ring (bicyclic) bond motifs is 1. The van der Waals surface area contributed by atoms with Crippen molar-refractivity contribution in [1.82, 2.24) is 4.98 Å². The van der Waals surface area contributed by atoms with Crippen LogP contribution in [0.25, 0.3) is 10.9 Å². The summed E-state index contributed by atoms with van der Waals surface area (Å²) in [6.07, 6.45) is 0. The van der Waals surface area contributed by atoms with E-state index < -0.39 is 0 Å². The number of nitrogens with one attached hydrogen (secondary N) is 1. The quantitative estimate of drug-likeness (QED) is 0.791. The number of rotatable bonds is 0. The minimum absolute atomic E-state index is 0.184. The summed E-state index contributed by atoms with van der Waals surface area (Å²) >= 11 is 14.8. The molecular weight excluding hydrogens is 289 g/mol. The van der Waals surface area contributed by atoms with E-state index in [-0.39, 0.29) is 5.56 Å². The summed E-state index contributed by atoms with van der Waals surface area (Å²) < 4.78 is 0.475. The van der Waals surface area contributed by atoms with Gasteiger partial charge in [0.15, 0.2) is 0 Å². The Morgan fingerprint density at radius 1 is 1.14 bits per heavy atom. The molecule has 5 heteroatoms. The lowest BCUT2D eigenvalue weighted by molar-refractivity contribution is 1.28. The molecule has 0 amide bonds. The average Bonchev–Trinajstić information content (AvgIpc) is 2.11. The summed E-state index contributed by atoms with van der Waals surface area (Å²) in [6.45, 7) is 0. The van der Waals surface area contributed by atoms with E-state index in [2.05, 4.69) is 20.9 Å². The van der Waals surface area contributed by atoms with Crippen LogP contribution in [0.1, 0.15) is 0 Å². The zero-order chi connectivity index (χ0) is 10.3. The molecule has 72 valence electrons. The molecule has 0 spiro atoms. The zero-order valence-corrected chi connectivity index (χ0v) is 9.87. The summed E-state index contributed by atoms with van der Waals surface area (Å²) in [5.74, 6) is 0. The molecule has 2 nitrogen and oxygen atoms in total. The summed E-state index contributed by atoms with van der Waals surface area (Å²) in [5.41, 5.74) is 0.489. The van der Waals surface area contributed by atoms with Gasteiger partial charge in [-0.15, -0.1) is 0 Å². The first-order valence-corrected chi connectivity index (χ1v) is 5.30. The SMILES string of the molecule is O=c1[nH]c2cc(Cl)c(Cl)cc2cc1Br. The molecule has 0 unspecified atom stereocenters. The van der Waals surface area contributed by atoms with Gasteiger partial charge in [-0.2, -0.15) is 0 Å². The van der Waals surface area contributed by atoms with E-state index in [1.807, 2.05) is 0 Å². The minimum Gasteiger partial charge on any atom is -0.321 e. The maximum absolute atomic E-state index is 11.3. The van der Waals surface area contributed by atoms with Crippen molar-refractivity contribution in [3.8, 4) is 0 Å². The fourth-order valence-corrected chi connectivity index (χ4v) is 1.86. The molecule has 1 heterocycles.